The first-order valence-corrected chi connectivity index (χ1v) is 11.8. The summed E-state index contributed by atoms with van der Waals surface area (Å²) in [6, 6.07) is 14.0. The van der Waals surface area contributed by atoms with Crippen LogP contribution in [-0.2, 0) is 5.75 Å². The van der Waals surface area contributed by atoms with Crippen LogP contribution in [0.4, 0.5) is 0 Å². The van der Waals surface area contributed by atoms with E-state index in [9.17, 15) is 9.59 Å². The molecule has 0 fully saturated rings. The number of thioether (sulfide) groups is 1. The molecule has 3 heterocycles. The van der Waals surface area contributed by atoms with Crippen LogP contribution in [0, 0.1) is 0 Å². The van der Waals surface area contributed by atoms with E-state index in [-0.39, 0.29) is 11.1 Å². The van der Waals surface area contributed by atoms with Gasteiger partial charge >= 0.3 is 0 Å². The highest BCUT2D eigenvalue weighted by Gasteiger charge is 2.16. The first kappa shape index (κ1) is 21.2. The summed E-state index contributed by atoms with van der Waals surface area (Å²) in [6.07, 6.45) is 1.70. The van der Waals surface area contributed by atoms with Crippen molar-refractivity contribution in [3.8, 4) is 17.2 Å². The highest BCUT2D eigenvalue weighted by molar-refractivity contribution is 7.98. The maximum atomic E-state index is 13.5. The van der Waals surface area contributed by atoms with Gasteiger partial charge in [0.25, 0.3) is 11.1 Å². The molecule has 10 heteroatoms. The Hall–Kier alpha value is -3.63. The molecular formula is C23H18N4O4S2. The molecule has 0 saturated heterocycles. The van der Waals surface area contributed by atoms with E-state index in [1.165, 1.54) is 33.6 Å². The second-order valence-electron chi connectivity index (χ2n) is 7.02. The van der Waals surface area contributed by atoms with Crippen LogP contribution in [0.2, 0.25) is 0 Å². The molecule has 0 aliphatic heterocycles. The van der Waals surface area contributed by atoms with Crippen molar-refractivity contribution in [1.82, 2.24) is 18.9 Å². The number of fused-ring (bicyclic) bond motifs is 2. The lowest BCUT2D eigenvalue weighted by Gasteiger charge is -2.15. The van der Waals surface area contributed by atoms with Crippen LogP contribution in [-0.4, -0.2) is 33.2 Å². The zero-order valence-electron chi connectivity index (χ0n) is 17.7. The van der Waals surface area contributed by atoms with Crippen LogP contribution in [0.25, 0.3) is 21.6 Å². The van der Waals surface area contributed by atoms with E-state index in [0.717, 1.165) is 0 Å². The van der Waals surface area contributed by atoms with Crippen LogP contribution in [0.5, 0.6) is 11.5 Å². The Kier molecular flexibility index (Phi) is 5.61. The van der Waals surface area contributed by atoms with Crippen LogP contribution in [0.15, 0.2) is 74.9 Å². The summed E-state index contributed by atoms with van der Waals surface area (Å²) < 4.78 is 13.8. The number of methoxy groups -OCH3 is 2. The van der Waals surface area contributed by atoms with E-state index in [4.69, 9.17) is 14.5 Å². The SMILES string of the molecule is COc1ccc(-n2c(SCc3cc(=O)n4ccsc4n3)nc3ccccc3c2=O)cc1OC. The minimum absolute atomic E-state index is 0.138. The summed E-state index contributed by atoms with van der Waals surface area (Å²) in [4.78, 5) is 35.8. The van der Waals surface area contributed by atoms with E-state index < -0.39 is 0 Å². The van der Waals surface area contributed by atoms with Crippen molar-refractivity contribution in [1.29, 1.82) is 0 Å². The highest BCUT2D eigenvalue weighted by atomic mass is 32.2. The van der Waals surface area contributed by atoms with Crippen molar-refractivity contribution >= 4 is 39.0 Å². The zero-order valence-corrected chi connectivity index (χ0v) is 19.4. The lowest BCUT2D eigenvalue weighted by molar-refractivity contribution is 0.354. The van der Waals surface area contributed by atoms with Crippen LogP contribution < -0.4 is 20.6 Å². The summed E-state index contributed by atoms with van der Waals surface area (Å²) in [5.41, 5.74) is 1.48. The van der Waals surface area contributed by atoms with Crippen molar-refractivity contribution in [2.75, 3.05) is 14.2 Å². The summed E-state index contributed by atoms with van der Waals surface area (Å²) >= 11 is 2.74. The zero-order chi connectivity index (χ0) is 22.9. The van der Waals surface area contributed by atoms with Gasteiger partial charge in [-0.3, -0.25) is 18.6 Å². The van der Waals surface area contributed by atoms with E-state index in [1.807, 2.05) is 23.6 Å². The number of ether oxygens (including phenoxy) is 2. The van der Waals surface area contributed by atoms with Gasteiger partial charge in [-0.1, -0.05) is 23.9 Å². The molecule has 8 nitrogen and oxygen atoms in total. The molecule has 3 aromatic heterocycles. The summed E-state index contributed by atoms with van der Waals surface area (Å²) in [5.74, 6) is 1.44. The number of para-hydroxylation sites is 1. The fourth-order valence-electron chi connectivity index (χ4n) is 3.50. The van der Waals surface area contributed by atoms with Crippen molar-refractivity contribution < 1.29 is 9.47 Å². The molecule has 0 saturated carbocycles. The average Bonchev–Trinajstić information content (AvgIpc) is 3.32. The normalized spacial score (nSPS) is 11.2. The summed E-state index contributed by atoms with van der Waals surface area (Å²) in [6.45, 7) is 0. The first-order valence-electron chi connectivity index (χ1n) is 9.92. The fourth-order valence-corrected chi connectivity index (χ4v) is 5.14. The Morgan fingerprint density at radius 2 is 1.82 bits per heavy atom. The quantitative estimate of drug-likeness (QED) is 0.271. The van der Waals surface area contributed by atoms with Gasteiger partial charge in [-0.15, -0.1) is 11.3 Å². The van der Waals surface area contributed by atoms with Crippen molar-refractivity contribution in [2.24, 2.45) is 0 Å². The topological polar surface area (TPSA) is 87.7 Å². The second-order valence-corrected chi connectivity index (χ2v) is 8.84. The largest absolute Gasteiger partial charge is 0.493 e. The molecule has 0 unspecified atom stereocenters. The van der Waals surface area contributed by atoms with Gasteiger partial charge in [0.05, 0.1) is 36.5 Å². The number of rotatable bonds is 6. The molecule has 0 bridgehead atoms. The third-order valence-corrected chi connectivity index (χ3v) is 6.80. The van der Waals surface area contributed by atoms with Crippen molar-refractivity contribution in [3.05, 3.63) is 86.5 Å². The predicted molar refractivity (Wildman–Crippen MR) is 129 cm³/mol. The fraction of sp³-hybridized carbons (Fsp3) is 0.130. The van der Waals surface area contributed by atoms with Gasteiger partial charge < -0.3 is 9.47 Å². The monoisotopic (exact) mass is 478 g/mol. The number of benzene rings is 2. The number of nitrogens with zero attached hydrogens (tertiary/aromatic N) is 4. The van der Waals surface area contributed by atoms with Crippen LogP contribution in [0.1, 0.15) is 5.69 Å². The summed E-state index contributed by atoms with van der Waals surface area (Å²) in [7, 11) is 3.10. The molecule has 0 radical (unpaired) electrons. The number of hydrogen-bond acceptors (Lipinski definition) is 8. The Bertz CT molecular complexity index is 1610. The van der Waals surface area contributed by atoms with E-state index >= 15 is 0 Å². The molecular weight excluding hydrogens is 460 g/mol. The van der Waals surface area contributed by atoms with Gasteiger partial charge in [0.2, 0.25) is 0 Å². The predicted octanol–water partition coefficient (Wildman–Crippen LogP) is 3.76. The van der Waals surface area contributed by atoms with Gasteiger partial charge in [0.15, 0.2) is 21.6 Å². The van der Waals surface area contributed by atoms with Gasteiger partial charge in [-0.05, 0) is 24.3 Å². The lowest BCUT2D eigenvalue weighted by Crippen LogP contribution is -2.22. The standard InChI is InChI=1S/C23H18N4O4S2/c1-30-18-8-7-15(12-19(18)31-2)27-21(29)16-5-3-4-6-17(16)25-23(27)33-13-14-11-20(28)26-9-10-32-22(26)24-14/h3-12H,13H2,1-2H3. The molecule has 0 spiro atoms. The van der Waals surface area contributed by atoms with E-state index in [1.54, 1.807) is 49.2 Å². The molecule has 5 aromatic rings. The van der Waals surface area contributed by atoms with Crippen LogP contribution in [0.3, 0.4) is 0 Å². The highest BCUT2D eigenvalue weighted by Crippen LogP contribution is 2.31. The third-order valence-electron chi connectivity index (χ3n) is 5.08. The van der Waals surface area contributed by atoms with Crippen molar-refractivity contribution in [2.45, 2.75) is 10.9 Å². The minimum atomic E-state index is -0.197. The number of aromatic nitrogens is 4. The Morgan fingerprint density at radius 3 is 2.64 bits per heavy atom. The second kappa shape index (κ2) is 8.72. The average molecular weight is 479 g/mol. The molecule has 0 N–H and O–H groups in total. The first-order chi connectivity index (χ1) is 16.1. The molecule has 0 atom stereocenters. The molecule has 2 aromatic carbocycles. The molecule has 166 valence electrons. The van der Waals surface area contributed by atoms with Crippen molar-refractivity contribution in [3.63, 3.8) is 0 Å². The van der Waals surface area contributed by atoms with Gasteiger partial charge in [0, 0.05) is 29.5 Å². The maximum Gasteiger partial charge on any atom is 0.266 e. The Labute approximate surface area is 196 Å². The van der Waals surface area contributed by atoms with E-state index in [0.29, 0.717) is 49.7 Å². The molecule has 0 aliphatic carbocycles. The molecule has 0 aliphatic rings. The molecule has 0 amide bonds. The maximum absolute atomic E-state index is 13.5. The number of hydrogen-bond donors (Lipinski definition) is 0. The lowest BCUT2D eigenvalue weighted by atomic mass is 10.2. The third kappa shape index (κ3) is 3.87. The Balaban J connectivity index is 1.63. The molecule has 5 rings (SSSR count). The minimum Gasteiger partial charge on any atom is -0.493 e. The Morgan fingerprint density at radius 1 is 1.00 bits per heavy atom. The van der Waals surface area contributed by atoms with Gasteiger partial charge in [-0.25, -0.2) is 9.97 Å². The number of thiazole rings is 1. The smallest absolute Gasteiger partial charge is 0.266 e. The van der Waals surface area contributed by atoms with Gasteiger partial charge in [0.1, 0.15) is 0 Å². The van der Waals surface area contributed by atoms with Gasteiger partial charge in [-0.2, -0.15) is 0 Å². The summed E-state index contributed by atoms with van der Waals surface area (Å²) in [5, 5.41) is 2.81. The molecule has 33 heavy (non-hydrogen) atoms. The van der Waals surface area contributed by atoms with E-state index in [2.05, 4.69) is 4.98 Å². The van der Waals surface area contributed by atoms with Crippen LogP contribution >= 0.6 is 23.1 Å².